The van der Waals surface area contributed by atoms with Gasteiger partial charge in [0, 0.05) is 43.1 Å². The second-order valence-corrected chi connectivity index (χ2v) is 7.99. The van der Waals surface area contributed by atoms with Crippen LogP contribution in [0.1, 0.15) is 37.4 Å². The van der Waals surface area contributed by atoms with Crippen LogP contribution in [0.5, 0.6) is 0 Å². The molecule has 3 aromatic carbocycles. The number of rotatable bonds is 8. The number of carbonyl (C=O) groups excluding carboxylic acids is 2. The Balaban J connectivity index is 1.82. The van der Waals surface area contributed by atoms with E-state index in [4.69, 9.17) is 23.0 Å². The van der Waals surface area contributed by atoms with Crippen LogP contribution in [0.3, 0.4) is 0 Å². The van der Waals surface area contributed by atoms with Crippen LogP contribution in [-0.4, -0.2) is 49.9 Å². The van der Waals surface area contributed by atoms with Gasteiger partial charge in [-0.05, 0) is 54.6 Å². The fraction of sp³-hybridized carbons (Fsp3) is 0.138. The van der Waals surface area contributed by atoms with Crippen LogP contribution in [0.25, 0.3) is 0 Å². The average molecular weight is 497 g/mol. The van der Waals surface area contributed by atoms with E-state index in [2.05, 4.69) is 22.5 Å². The molecule has 0 aliphatic rings. The Kier molecular flexibility index (Phi) is 8.77. The Morgan fingerprint density at radius 1 is 0.946 bits per heavy atom. The van der Waals surface area contributed by atoms with Crippen LogP contribution in [0.4, 0.5) is 15.8 Å². The molecule has 2 amide bonds. The highest BCUT2D eigenvalue weighted by molar-refractivity contribution is 6.13. The fourth-order valence-corrected chi connectivity index (χ4v) is 3.38. The molecule has 0 fully saturated rings. The topological polar surface area (TPSA) is 94.5 Å². The Morgan fingerprint density at radius 3 is 2.22 bits per heavy atom. The molecule has 0 bridgehead atoms. The zero-order valence-electron chi connectivity index (χ0n) is 20.4. The lowest BCUT2D eigenvalue weighted by molar-refractivity contribution is 0.102. The molecule has 3 aromatic rings. The summed E-state index contributed by atoms with van der Waals surface area (Å²) in [6, 6.07) is 15.1. The van der Waals surface area contributed by atoms with E-state index in [-0.39, 0.29) is 22.6 Å². The molecular weight excluding hydrogens is 471 g/mol. The van der Waals surface area contributed by atoms with E-state index >= 15 is 0 Å². The second kappa shape index (κ2) is 12.2. The number of amides is 2. The maximum atomic E-state index is 14.9. The molecule has 7 nitrogen and oxygen atoms in total. The summed E-state index contributed by atoms with van der Waals surface area (Å²) >= 11 is 0. The van der Waals surface area contributed by atoms with E-state index in [1.165, 1.54) is 24.3 Å². The molecule has 0 saturated carbocycles. The molecule has 0 aliphatic carbocycles. The molecule has 0 aliphatic heterocycles. The molecule has 0 atom stereocenters. The number of methoxy groups -OCH3 is 1. The fourth-order valence-electron chi connectivity index (χ4n) is 3.38. The maximum Gasteiger partial charge on any atom is 0.258 e. The van der Waals surface area contributed by atoms with Crippen molar-refractivity contribution < 1.29 is 18.7 Å². The third kappa shape index (κ3) is 6.61. The van der Waals surface area contributed by atoms with Crippen molar-refractivity contribution in [3.05, 3.63) is 94.3 Å². The van der Waals surface area contributed by atoms with E-state index in [0.29, 0.717) is 35.5 Å². The summed E-state index contributed by atoms with van der Waals surface area (Å²) in [6.07, 6.45) is 10.8. The minimum absolute atomic E-state index is 0.0852. The van der Waals surface area contributed by atoms with Crippen molar-refractivity contribution in [3.63, 3.8) is 0 Å². The van der Waals surface area contributed by atoms with Gasteiger partial charge in [0.2, 0.25) is 0 Å². The number of ether oxygens (including phenoxy) is 1. The van der Waals surface area contributed by atoms with Crippen molar-refractivity contribution in [1.29, 1.82) is 5.41 Å². The first-order valence-electron chi connectivity index (χ1n) is 11.2. The van der Waals surface area contributed by atoms with Gasteiger partial charge in [0.05, 0.1) is 23.4 Å². The summed E-state index contributed by atoms with van der Waals surface area (Å²) in [6.45, 7) is 0.859. The smallest absolute Gasteiger partial charge is 0.258 e. The lowest BCUT2D eigenvalue weighted by Gasteiger charge is -2.20. The molecule has 0 aromatic heterocycles. The van der Waals surface area contributed by atoms with Gasteiger partial charge in [0.1, 0.15) is 11.7 Å². The monoisotopic (exact) mass is 496 g/mol. The van der Waals surface area contributed by atoms with Gasteiger partial charge in [-0.3, -0.25) is 15.0 Å². The predicted molar refractivity (Wildman–Crippen MR) is 142 cm³/mol. The molecular formula is C29H25FN4O3. The zero-order chi connectivity index (χ0) is 26.9. The normalized spacial score (nSPS) is 10.1. The SMILES string of the molecule is C#Cc1ccc(NC(=O)c2cc(C#C)ccc2NC(=O)c2ccc(C(=N)N(C)CCOC)cc2F)cc1. The molecule has 0 radical (unpaired) electrons. The maximum absolute atomic E-state index is 14.9. The molecule has 8 heteroatoms. The van der Waals surface area contributed by atoms with Crippen LogP contribution < -0.4 is 10.6 Å². The number of nitrogens with zero attached hydrogens (tertiary/aromatic N) is 1. The molecule has 0 unspecified atom stereocenters. The Morgan fingerprint density at radius 2 is 1.59 bits per heavy atom. The number of halogens is 1. The summed E-state index contributed by atoms with van der Waals surface area (Å²) in [4.78, 5) is 27.6. The molecule has 3 N–H and O–H groups in total. The van der Waals surface area contributed by atoms with Crippen LogP contribution >= 0.6 is 0 Å². The Bertz CT molecular complexity index is 1420. The third-order valence-electron chi connectivity index (χ3n) is 5.49. The zero-order valence-corrected chi connectivity index (χ0v) is 20.4. The number of nitrogens with one attached hydrogen (secondary N) is 3. The summed E-state index contributed by atoms with van der Waals surface area (Å²) in [5.41, 5.74) is 1.89. The first kappa shape index (κ1) is 26.7. The first-order chi connectivity index (χ1) is 17.8. The number of likely N-dealkylation sites (N-methyl/N-ethyl adjacent to an activating group) is 1. The quantitative estimate of drug-likeness (QED) is 0.248. The number of anilines is 2. The van der Waals surface area contributed by atoms with Gasteiger partial charge < -0.3 is 20.3 Å². The van der Waals surface area contributed by atoms with E-state index in [1.807, 2.05) is 0 Å². The highest BCUT2D eigenvalue weighted by Crippen LogP contribution is 2.22. The third-order valence-corrected chi connectivity index (χ3v) is 5.49. The molecule has 0 heterocycles. The van der Waals surface area contributed by atoms with Crippen LogP contribution in [0.2, 0.25) is 0 Å². The summed E-state index contributed by atoms with van der Waals surface area (Å²) in [5, 5.41) is 13.5. The molecule has 0 saturated heterocycles. The van der Waals surface area contributed by atoms with Gasteiger partial charge in [0.15, 0.2) is 0 Å². The molecule has 0 spiro atoms. The van der Waals surface area contributed by atoms with Crippen molar-refractivity contribution in [2.24, 2.45) is 0 Å². The van der Waals surface area contributed by atoms with E-state index in [1.54, 1.807) is 49.4 Å². The van der Waals surface area contributed by atoms with Crippen molar-refractivity contribution >= 4 is 29.0 Å². The van der Waals surface area contributed by atoms with Gasteiger partial charge in [0.25, 0.3) is 11.8 Å². The molecule has 186 valence electrons. The van der Waals surface area contributed by atoms with Gasteiger partial charge in [-0.15, -0.1) is 12.8 Å². The van der Waals surface area contributed by atoms with Gasteiger partial charge >= 0.3 is 0 Å². The minimum Gasteiger partial charge on any atom is -0.383 e. The van der Waals surface area contributed by atoms with Crippen molar-refractivity contribution in [3.8, 4) is 24.7 Å². The van der Waals surface area contributed by atoms with Gasteiger partial charge in [-0.2, -0.15) is 0 Å². The first-order valence-corrected chi connectivity index (χ1v) is 11.2. The number of hydrogen-bond donors (Lipinski definition) is 3. The predicted octanol–water partition coefficient (Wildman–Crippen LogP) is 4.20. The average Bonchev–Trinajstić information content (AvgIpc) is 2.91. The molecule has 3 rings (SSSR count). The van der Waals surface area contributed by atoms with Crippen LogP contribution in [0, 0.1) is 35.9 Å². The van der Waals surface area contributed by atoms with E-state index in [9.17, 15) is 14.0 Å². The Hall–Kier alpha value is -4.92. The summed E-state index contributed by atoms with van der Waals surface area (Å²) in [5.74, 6) is 2.95. The van der Waals surface area contributed by atoms with Crippen LogP contribution in [0.15, 0.2) is 60.7 Å². The summed E-state index contributed by atoms with van der Waals surface area (Å²) < 4.78 is 19.9. The lowest BCUT2D eigenvalue weighted by Crippen LogP contribution is -2.30. The highest BCUT2D eigenvalue weighted by Gasteiger charge is 2.19. The van der Waals surface area contributed by atoms with E-state index < -0.39 is 17.6 Å². The number of amidine groups is 1. The minimum atomic E-state index is -0.806. The van der Waals surface area contributed by atoms with Crippen LogP contribution in [-0.2, 0) is 4.74 Å². The van der Waals surface area contributed by atoms with Gasteiger partial charge in [-0.25, -0.2) is 4.39 Å². The van der Waals surface area contributed by atoms with Crippen molar-refractivity contribution in [1.82, 2.24) is 4.90 Å². The number of benzene rings is 3. The van der Waals surface area contributed by atoms with E-state index in [0.717, 1.165) is 6.07 Å². The molecule has 37 heavy (non-hydrogen) atoms. The number of terminal acetylenes is 2. The number of hydrogen-bond acceptors (Lipinski definition) is 4. The van der Waals surface area contributed by atoms with Crippen molar-refractivity contribution in [2.75, 3.05) is 37.9 Å². The standard InChI is InChI=1S/C29H25FN4O3/c1-5-19-7-11-22(12-8-19)32-29(36)24-17-20(6-2)9-14-26(24)33-28(35)23-13-10-21(18-25(23)30)27(31)34(3)15-16-37-4/h1-2,7-14,17-18,31H,15-16H2,3-4H3,(H,32,36)(H,33,35). The highest BCUT2D eigenvalue weighted by atomic mass is 19.1. The second-order valence-electron chi connectivity index (χ2n) is 7.99. The summed E-state index contributed by atoms with van der Waals surface area (Å²) in [7, 11) is 3.24. The van der Waals surface area contributed by atoms with Crippen molar-refractivity contribution in [2.45, 2.75) is 0 Å². The largest absolute Gasteiger partial charge is 0.383 e. The Labute approximate surface area is 215 Å². The lowest BCUT2D eigenvalue weighted by atomic mass is 10.1. The number of carbonyl (C=O) groups is 2. The van der Waals surface area contributed by atoms with Gasteiger partial charge in [-0.1, -0.05) is 17.9 Å².